The van der Waals surface area contributed by atoms with Crippen molar-refractivity contribution in [3.8, 4) is 0 Å². The summed E-state index contributed by atoms with van der Waals surface area (Å²) in [7, 11) is -3.70. The van der Waals surface area contributed by atoms with Gasteiger partial charge in [0.2, 0.25) is 10.0 Å². The Labute approximate surface area is 200 Å². The van der Waals surface area contributed by atoms with Crippen LogP contribution in [0.1, 0.15) is 29.2 Å². The number of aromatic nitrogens is 1. The van der Waals surface area contributed by atoms with Crippen molar-refractivity contribution in [2.45, 2.75) is 23.8 Å². The van der Waals surface area contributed by atoms with Crippen LogP contribution in [0.2, 0.25) is 0 Å². The van der Waals surface area contributed by atoms with Crippen LogP contribution < -0.4 is 4.90 Å². The molecule has 0 N–H and O–H groups in total. The molecule has 10 heteroatoms. The molecule has 1 amide bonds. The molecule has 0 atom stereocenters. The molecule has 9 nitrogen and oxygen atoms in total. The van der Waals surface area contributed by atoms with Crippen LogP contribution in [0, 0.1) is 0 Å². The van der Waals surface area contributed by atoms with E-state index >= 15 is 0 Å². The maximum Gasteiger partial charge on any atom is 0.256 e. The molecule has 0 saturated carbocycles. The van der Waals surface area contributed by atoms with Crippen molar-refractivity contribution in [3.05, 3.63) is 48.3 Å². The number of morpholine rings is 2. The van der Waals surface area contributed by atoms with E-state index in [4.69, 9.17) is 9.47 Å². The zero-order valence-electron chi connectivity index (χ0n) is 19.3. The first kappa shape index (κ1) is 23.3. The van der Waals surface area contributed by atoms with Crippen molar-refractivity contribution in [2.75, 3.05) is 70.6 Å². The van der Waals surface area contributed by atoms with E-state index in [-0.39, 0.29) is 10.8 Å². The minimum Gasteiger partial charge on any atom is -0.379 e. The molecule has 0 radical (unpaired) electrons. The van der Waals surface area contributed by atoms with Crippen LogP contribution in [0.15, 0.2) is 47.6 Å². The Morgan fingerprint density at radius 2 is 1.47 bits per heavy atom. The molecule has 4 heterocycles. The quantitative estimate of drug-likeness (QED) is 0.639. The second-order valence-corrected chi connectivity index (χ2v) is 10.9. The number of carbonyl (C=O) groups excluding carboxylic acids is 1. The summed E-state index contributed by atoms with van der Waals surface area (Å²) < 4.78 is 41.1. The zero-order valence-corrected chi connectivity index (χ0v) is 20.2. The normalized spacial score (nSPS) is 21.1. The monoisotopic (exact) mass is 488 g/mol. The molecule has 3 aliphatic heterocycles. The highest BCUT2D eigenvalue weighted by molar-refractivity contribution is 7.89. The lowest BCUT2D eigenvalue weighted by Crippen LogP contribution is -2.42. The summed E-state index contributed by atoms with van der Waals surface area (Å²) in [6.07, 6.45) is 5.88. The molecule has 0 unspecified atom stereocenters. The number of piperidine rings is 1. The van der Waals surface area contributed by atoms with E-state index in [1.54, 1.807) is 18.2 Å². The van der Waals surface area contributed by atoms with Crippen molar-refractivity contribution in [1.82, 2.24) is 13.8 Å². The van der Waals surface area contributed by atoms with E-state index in [1.807, 2.05) is 17.0 Å². The smallest absolute Gasteiger partial charge is 0.256 e. The minimum absolute atomic E-state index is 0.105. The number of hydrogen-bond acceptors (Lipinski definition) is 6. The molecule has 1 aromatic heterocycles. The number of sulfonamides is 1. The third kappa shape index (κ3) is 4.72. The summed E-state index contributed by atoms with van der Waals surface area (Å²) in [4.78, 5) is 17.9. The third-order valence-electron chi connectivity index (χ3n) is 6.96. The number of anilines is 1. The van der Waals surface area contributed by atoms with E-state index in [0.717, 1.165) is 18.5 Å². The summed E-state index contributed by atoms with van der Waals surface area (Å²) in [6.45, 7) is 5.22. The fourth-order valence-electron chi connectivity index (χ4n) is 4.99. The first-order valence-corrected chi connectivity index (χ1v) is 13.4. The number of hydrogen-bond donors (Lipinski definition) is 0. The number of likely N-dealkylation sites (tertiary alicyclic amines) is 1. The van der Waals surface area contributed by atoms with E-state index < -0.39 is 10.0 Å². The first-order chi connectivity index (χ1) is 16.5. The first-order valence-electron chi connectivity index (χ1n) is 12.0. The van der Waals surface area contributed by atoms with E-state index in [2.05, 4.69) is 21.9 Å². The van der Waals surface area contributed by atoms with Gasteiger partial charge in [-0.1, -0.05) is 0 Å². The number of amides is 1. The van der Waals surface area contributed by atoms with Gasteiger partial charge in [-0.05, 0) is 43.2 Å². The van der Waals surface area contributed by atoms with Crippen LogP contribution in [-0.2, 0) is 19.5 Å². The predicted molar refractivity (Wildman–Crippen MR) is 128 cm³/mol. The van der Waals surface area contributed by atoms with Crippen LogP contribution >= 0.6 is 0 Å². The number of nitrogens with zero attached hydrogens (tertiary/aromatic N) is 4. The van der Waals surface area contributed by atoms with Gasteiger partial charge in [-0.2, -0.15) is 4.31 Å². The Bertz CT molecular complexity index is 1080. The van der Waals surface area contributed by atoms with Gasteiger partial charge in [-0.15, -0.1) is 0 Å². The fraction of sp³-hybridized carbons (Fsp3) is 0.542. The molecule has 184 valence electrons. The summed E-state index contributed by atoms with van der Waals surface area (Å²) in [5, 5.41) is 0. The van der Waals surface area contributed by atoms with Gasteiger partial charge < -0.3 is 23.8 Å². The fourth-order valence-corrected chi connectivity index (χ4v) is 6.43. The predicted octanol–water partition coefficient (Wildman–Crippen LogP) is 1.82. The Morgan fingerprint density at radius 1 is 0.853 bits per heavy atom. The molecule has 2 aromatic rings. The Balaban J connectivity index is 1.42. The second-order valence-electron chi connectivity index (χ2n) is 8.95. The molecule has 34 heavy (non-hydrogen) atoms. The largest absolute Gasteiger partial charge is 0.379 e. The van der Waals surface area contributed by atoms with Crippen LogP contribution in [0.3, 0.4) is 0 Å². The van der Waals surface area contributed by atoms with Gasteiger partial charge in [0.05, 0.1) is 36.9 Å². The maximum atomic E-state index is 13.7. The van der Waals surface area contributed by atoms with Crippen molar-refractivity contribution in [1.29, 1.82) is 0 Å². The number of carbonyl (C=O) groups is 1. The van der Waals surface area contributed by atoms with E-state index in [1.165, 1.54) is 4.31 Å². The number of ether oxygens (including phenoxy) is 2. The topological polar surface area (TPSA) is 84.3 Å². The summed E-state index contributed by atoms with van der Waals surface area (Å²) in [5.74, 6) is -0.105. The molecule has 3 saturated heterocycles. The average molecular weight is 489 g/mol. The van der Waals surface area contributed by atoms with Gasteiger partial charge in [0.25, 0.3) is 5.91 Å². The van der Waals surface area contributed by atoms with Crippen LogP contribution in [0.4, 0.5) is 5.69 Å². The average Bonchev–Trinajstić information content (AvgIpc) is 3.44. The van der Waals surface area contributed by atoms with Crippen LogP contribution in [0.25, 0.3) is 0 Å². The molecular weight excluding hydrogens is 456 g/mol. The highest BCUT2D eigenvalue weighted by atomic mass is 32.2. The highest BCUT2D eigenvalue weighted by Gasteiger charge is 2.31. The number of rotatable bonds is 5. The summed E-state index contributed by atoms with van der Waals surface area (Å²) in [6, 6.07) is 9.42. The molecule has 5 rings (SSSR count). The van der Waals surface area contributed by atoms with Crippen molar-refractivity contribution < 1.29 is 22.7 Å². The molecule has 3 fully saturated rings. The van der Waals surface area contributed by atoms with Crippen LogP contribution in [0.5, 0.6) is 0 Å². The van der Waals surface area contributed by atoms with E-state index in [0.29, 0.717) is 77.3 Å². The SMILES string of the molecule is O=C(c1cc(S(=O)(=O)N2CCOCC2)ccc1N1CCOCC1)N1CCC(n2cccc2)CC1. The van der Waals surface area contributed by atoms with Gasteiger partial charge in [0.15, 0.2) is 0 Å². The van der Waals surface area contributed by atoms with Gasteiger partial charge in [-0.3, -0.25) is 4.79 Å². The molecular formula is C24H32N4O5S. The summed E-state index contributed by atoms with van der Waals surface area (Å²) in [5.41, 5.74) is 1.23. The molecule has 0 spiro atoms. The van der Waals surface area contributed by atoms with Crippen LogP contribution in [-0.4, -0.2) is 93.8 Å². The lowest BCUT2D eigenvalue weighted by Gasteiger charge is -2.35. The Morgan fingerprint density at radius 3 is 2.12 bits per heavy atom. The third-order valence-corrected chi connectivity index (χ3v) is 8.85. The van der Waals surface area contributed by atoms with Crippen molar-refractivity contribution >= 4 is 21.6 Å². The standard InChI is InChI=1S/C24H32N4O5S/c29-24(27-9-5-20(6-10-27)25-7-1-2-8-25)22-19-21(34(30,31)28-13-17-33-18-14-28)3-4-23(22)26-11-15-32-16-12-26/h1-4,7-8,19-20H,5-6,9-18H2. The van der Waals surface area contributed by atoms with Crippen molar-refractivity contribution in [2.24, 2.45) is 0 Å². The molecule has 3 aliphatic rings. The minimum atomic E-state index is -3.70. The Kier molecular flexibility index (Phi) is 6.91. The number of benzene rings is 1. The Hall–Kier alpha value is -2.40. The molecule has 0 bridgehead atoms. The van der Waals surface area contributed by atoms with Gasteiger partial charge >= 0.3 is 0 Å². The summed E-state index contributed by atoms with van der Waals surface area (Å²) >= 11 is 0. The molecule has 0 aliphatic carbocycles. The van der Waals surface area contributed by atoms with Gasteiger partial charge in [0.1, 0.15) is 0 Å². The van der Waals surface area contributed by atoms with Crippen molar-refractivity contribution in [3.63, 3.8) is 0 Å². The molecule has 1 aromatic carbocycles. The van der Waals surface area contributed by atoms with Gasteiger partial charge in [0, 0.05) is 63.4 Å². The maximum absolute atomic E-state index is 13.7. The van der Waals surface area contributed by atoms with E-state index in [9.17, 15) is 13.2 Å². The lowest BCUT2D eigenvalue weighted by atomic mass is 10.0. The lowest BCUT2D eigenvalue weighted by molar-refractivity contribution is 0.0693. The highest BCUT2D eigenvalue weighted by Crippen LogP contribution is 2.30. The second kappa shape index (κ2) is 10.1. The van der Waals surface area contributed by atoms with Gasteiger partial charge in [-0.25, -0.2) is 8.42 Å². The zero-order chi connectivity index (χ0) is 23.5.